The number of carboxylic acid groups (broad SMARTS) is 1. The van der Waals surface area contributed by atoms with Crippen LogP contribution in [0.4, 0.5) is 0 Å². The Hall–Kier alpha value is -0.585. The molecule has 0 aliphatic heterocycles. The third kappa shape index (κ3) is 9.41. The molecule has 0 fully saturated rings. The number of hydrogen-bond donors (Lipinski definition) is 4. The number of nitrogens with two attached hydrogens (primary N) is 1. The van der Waals surface area contributed by atoms with Crippen molar-refractivity contribution in [3.63, 3.8) is 0 Å². The molecule has 1 atom stereocenters. The van der Waals surface area contributed by atoms with Gasteiger partial charge in [0, 0.05) is 0 Å². The summed E-state index contributed by atoms with van der Waals surface area (Å²) in [5.74, 6) is -0.910. The molecule has 0 saturated heterocycles. The molecule has 0 amide bonds. The summed E-state index contributed by atoms with van der Waals surface area (Å²) in [7, 11) is 0. The summed E-state index contributed by atoms with van der Waals surface area (Å²) in [6.07, 6.45) is 0. The molecular weight excluding hydrogens is 149 g/mol. The van der Waals surface area contributed by atoms with Crippen LogP contribution in [-0.4, -0.2) is 34.9 Å². The molecular formula is C5H13BNO4. The third-order valence-corrected chi connectivity index (χ3v) is 1.00. The molecule has 0 bridgehead atoms. The zero-order valence-electron chi connectivity index (χ0n) is 6.56. The molecule has 5 N–H and O–H groups in total. The zero-order valence-corrected chi connectivity index (χ0v) is 6.56. The summed E-state index contributed by atoms with van der Waals surface area (Å²) >= 11 is 0. The Kier molecular flexibility index (Phi) is 8.91. The SMILES string of the molecule is CC(C)[C@H](N)C(=O)O.O[B]O. The van der Waals surface area contributed by atoms with Crippen LogP contribution in [-0.2, 0) is 4.79 Å². The zero-order chi connectivity index (χ0) is 9.44. The van der Waals surface area contributed by atoms with E-state index in [1.807, 2.05) is 0 Å². The van der Waals surface area contributed by atoms with Gasteiger partial charge in [-0.05, 0) is 5.92 Å². The van der Waals surface area contributed by atoms with E-state index >= 15 is 0 Å². The van der Waals surface area contributed by atoms with Crippen molar-refractivity contribution in [1.29, 1.82) is 0 Å². The van der Waals surface area contributed by atoms with E-state index in [1.54, 1.807) is 13.8 Å². The Bertz CT molecular complexity index is 109. The molecule has 0 spiro atoms. The fraction of sp³-hybridized carbons (Fsp3) is 0.800. The lowest BCUT2D eigenvalue weighted by molar-refractivity contribution is -0.139. The Morgan fingerprint density at radius 2 is 1.73 bits per heavy atom. The molecule has 11 heavy (non-hydrogen) atoms. The van der Waals surface area contributed by atoms with Crippen molar-refractivity contribution in [3.05, 3.63) is 0 Å². The van der Waals surface area contributed by atoms with Crippen molar-refractivity contribution in [1.82, 2.24) is 0 Å². The van der Waals surface area contributed by atoms with Crippen molar-refractivity contribution in [2.75, 3.05) is 0 Å². The highest BCUT2D eigenvalue weighted by molar-refractivity contribution is 6.13. The first-order valence-corrected chi connectivity index (χ1v) is 3.05. The molecule has 0 aromatic carbocycles. The Morgan fingerprint density at radius 3 is 1.73 bits per heavy atom. The standard InChI is InChI=1S/C5H11NO2.BH2O2/c1-3(2)4(6)5(7)8;2-1-3/h3-4H,6H2,1-2H3,(H,7,8);2-3H/t4-;/m0./s1. The average molecular weight is 162 g/mol. The maximum atomic E-state index is 10.0. The molecule has 1 radical (unpaired) electrons. The lowest BCUT2D eigenvalue weighted by Crippen LogP contribution is -2.34. The van der Waals surface area contributed by atoms with Gasteiger partial charge in [-0.2, -0.15) is 0 Å². The Morgan fingerprint density at radius 1 is 1.45 bits per heavy atom. The van der Waals surface area contributed by atoms with Gasteiger partial charge in [0.15, 0.2) is 0 Å². The van der Waals surface area contributed by atoms with E-state index in [9.17, 15) is 4.79 Å². The van der Waals surface area contributed by atoms with E-state index in [4.69, 9.17) is 20.9 Å². The lowest BCUT2D eigenvalue weighted by atomic mass is 10.1. The van der Waals surface area contributed by atoms with E-state index in [0.717, 1.165) is 0 Å². The first kappa shape index (κ1) is 13.0. The first-order chi connectivity index (χ1) is 4.97. The van der Waals surface area contributed by atoms with Gasteiger partial charge in [-0.15, -0.1) is 0 Å². The van der Waals surface area contributed by atoms with Gasteiger partial charge in [0.1, 0.15) is 6.04 Å². The largest absolute Gasteiger partial charge is 0.482 e. The van der Waals surface area contributed by atoms with E-state index in [-0.39, 0.29) is 13.6 Å². The summed E-state index contributed by atoms with van der Waals surface area (Å²) in [5, 5.41) is 22.2. The second-order valence-electron chi connectivity index (χ2n) is 2.22. The van der Waals surface area contributed by atoms with Gasteiger partial charge in [0.25, 0.3) is 0 Å². The predicted molar refractivity (Wildman–Crippen MR) is 40.6 cm³/mol. The smallest absolute Gasteiger partial charge is 0.480 e. The summed E-state index contributed by atoms with van der Waals surface area (Å²) in [6.45, 7) is 3.55. The maximum Gasteiger partial charge on any atom is 0.482 e. The number of hydrogen-bond acceptors (Lipinski definition) is 4. The topological polar surface area (TPSA) is 104 Å². The maximum absolute atomic E-state index is 10.0. The van der Waals surface area contributed by atoms with Gasteiger partial charge >= 0.3 is 13.7 Å². The van der Waals surface area contributed by atoms with Crippen LogP contribution in [0.2, 0.25) is 0 Å². The second kappa shape index (κ2) is 7.52. The van der Waals surface area contributed by atoms with Gasteiger partial charge in [0.2, 0.25) is 0 Å². The van der Waals surface area contributed by atoms with Crippen LogP contribution in [0, 0.1) is 5.92 Å². The summed E-state index contributed by atoms with van der Waals surface area (Å²) in [5.41, 5.74) is 5.16. The fourth-order valence-electron chi connectivity index (χ4n) is 0.285. The highest BCUT2D eigenvalue weighted by Gasteiger charge is 2.14. The molecule has 5 nitrogen and oxygen atoms in total. The second-order valence-corrected chi connectivity index (χ2v) is 2.22. The fourth-order valence-corrected chi connectivity index (χ4v) is 0.285. The van der Waals surface area contributed by atoms with E-state index in [0.29, 0.717) is 0 Å². The van der Waals surface area contributed by atoms with Crippen molar-refractivity contribution in [2.45, 2.75) is 19.9 Å². The first-order valence-electron chi connectivity index (χ1n) is 3.05. The van der Waals surface area contributed by atoms with Gasteiger partial charge in [-0.1, -0.05) is 13.8 Å². The van der Waals surface area contributed by atoms with Gasteiger partial charge in [-0.25, -0.2) is 0 Å². The molecule has 0 unspecified atom stereocenters. The minimum atomic E-state index is -0.931. The van der Waals surface area contributed by atoms with Crippen molar-refractivity contribution >= 4 is 13.7 Å². The molecule has 0 aliphatic rings. The van der Waals surface area contributed by atoms with Crippen LogP contribution in [0.5, 0.6) is 0 Å². The number of rotatable bonds is 2. The van der Waals surface area contributed by atoms with Crippen LogP contribution >= 0.6 is 0 Å². The average Bonchev–Trinajstić information content (AvgIpc) is 1.87. The van der Waals surface area contributed by atoms with Crippen molar-refractivity contribution < 1.29 is 19.9 Å². The van der Waals surface area contributed by atoms with E-state index in [1.165, 1.54) is 0 Å². The van der Waals surface area contributed by atoms with Crippen LogP contribution < -0.4 is 5.73 Å². The molecule has 0 rings (SSSR count). The number of aliphatic carboxylic acids is 1. The van der Waals surface area contributed by atoms with Crippen LogP contribution in [0.15, 0.2) is 0 Å². The molecule has 0 heterocycles. The monoisotopic (exact) mass is 162 g/mol. The molecule has 65 valence electrons. The highest BCUT2D eigenvalue weighted by atomic mass is 16.4. The minimum absolute atomic E-state index is 0. The number of carboxylic acids is 1. The van der Waals surface area contributed by atoms with Crippen LogP contribution in [0.3, 0.4) is 0 Å². The minimum Gasteiger partial charge on any atom is -0.480 e. The Labute approximate surface area is 66.1 Å². The van der Waals surface area contributed by atoms with E-state index < -0.39 is 12.0 Å². The van der Waals surface area contributed by atoms with Gasteiger partial charge in [-0.3, -0.25) is 4.79 Å². The molecule has 0 aromatic heterocycles. The normalized spacial score (nSPS) is 11.5. The van der Waals surface area contributed by atoms with Crippen LogP contribution in [0.1, 0.15) is 13.8 Å². The number of carbonyl (C=O) groups is 1. The highest BCUT2D eigenvalue weighted by Crippen LogP contribution is 1.96. The van der Waals surface area contributed by atoms with Gasteiger partial charge < -0.3 is 20.9 Å². The van der Waals surface area contributed by atoms with Crippen LogP contribution in [0.25, 0.3) is 0 Å². The molecule has 6 heteroatoms. The Balaban J connectivity index is 0. The van der Waals surface area contributed by atoms with Crippen molar-refractivity contribution in [2.24, 2.45) is 11.7 Å². The van der Waals surface area contributed by atoms with E-state index in [2.05, 4.69) is 0 Å². The third-order valence-electron chi connectivity index (χ3n) is 1.00. The summed E-state index contributed by atoms with van der Waals surface area (Å²) in [6, 6.07) is -0.713. The molecule has 0 aliphatic carbocycles. The van der Waals surface area contributed by atoms with Crippen molar-refractivity contribution in [3.8, 4) is 0 Å². The summed E-state index contributed by atoms with van der Waals surface area (Å²) < 4.78 is 0. The predicted octanol–water partition coefficient (Wildman–Crippen LogP) is -1.44. The quantitative estimate of drug-likeness (QED) is 0.372. The molecule has 0 aromatic rings. The lowest BCUT2D eigenvalue weighted by Gasteiger charge is -2.07. The summed E-state index contributed by atoms with van der Waals surface area (Å²) in [4.78, 5) is 10.0. The van der Waals surface area contributed by atoms with Gasteiger partial charge in [0.05, 0.1) is 0 Å². The molecule has 0 saturated carbocycles.